The summed E-state index contributed by atoms with van der Waals surface area (Å²) < 4.78 is 8.72. The van der Waals surface area contributed by atoms with Gasteiger partial charge in [-0.3, -0.25) is 4.57 Å². The van der Waals surface area contributed by atoms with Gasteiger partial charge in [-0.15, -0.1) is 10.2 Å². The lowest BCUT2D eigenvalue weighted by Crippen LogP contribution is -2.04. The van der Waals surface area contributed by atoms with Crippen LogP contribution in [-0.4, -0.2) is 36.7 Å². The molecule has 1 fully saturated rings. The van der Waals surface area contributed by atoms with E-state index in [1.807, 2.05) is 15.2 Å². The van der Waals surface area contributed by atoms with Crippen molar-refractivity contribution >= 4 is 11.6 Å². The molecule has 3 aromatic heterocycles. The van der Waals surface area contributed by atoms with Gasteiger partial charge in [-0.05, 0) is 37.3 Å². The van der Waals surface area contributed by atoms with Crippen LogP contribution in [-0.2, 0) is 4.74 Å². The first-order valence-corrected chi connectivity index (χ1v) is 7.31. The van der Waals surface area contributed by atoms with Gasteiger partial charge in [0.15, 0.2) is 11.3 Å². The molecule has 0 N–H and O–H groups in total. The van der Waals surface area contributed by atoms with Crippen molar-refractivity contribution in [1.82, 2.24) is 24.1 Å². The largest absolute Gasteiger partial charge is 0.461 e. The molecule has 0 amide bonds. The molecule has 4 rings (SSSR count). The van der Waals surface area contributed by atoms with Crippen LogP contribution in [0.15, 0.2) is 31.1 Å². The number of carbonyl (C=O) groups is 1. The van der Waals surface area contributed by atoms with E-state index in [2.05, 4.69) is 21.2 Å². The molecule has 7 heteroatoms. The Kier molecular flexibility index (Phi) is 2.92. The zero-order chi connectivity index (χ0) is 15.1. The second-order valence-electron chi connectivity index (χ2n) is 5.38. The first-order chi connectivity index (χ1) is 10.8. The maximum absolute atomic E-state index is 11.9. The molecule has 0 aliphatic heterocycles. The van der Waals surface area contributed by atoms with Crippen molar-refractivity contribution in [2.24, 2.45) is 0 Å². The molecule has 1 aliphatic rings. The fourth-order valence-corrected chi connectivity index (χ4v) is 2.56. The standard InChI is InChI=1S/C15H15N5O2/c1-2-22-15(21)12-7-19-6-11(10-3-4-10)5-13(14(19)18-12)20-8-16-17-9-20/h5-10H,2-4H2,1H3. The van der Waals surface area contributed by atoms with Gasteiger partial charge in [0.25, 0.3) is 0 Å². The van der Waals surface area contributed by atoms with Crippen LogP contribution in [0.3, 0.4) is 0 Å². The van der Waals surface area contributed by atoms with Crippen LogP contribution in [0.4, 0.5) is 0 Å². The van der Waals surface area contributed by atoms with Crippen molar-refractivity contribution in [3.05, 3.63) is 42.4 Å². The third-order valence-corrected chi connectivity index (χ3v) is 3.78. The number of hydrogen-bond acceptors (Lipinski definition) is 5. The lowest BCUT2D eigenvalue weighted by Gasteiger charge is -2.07. The van der Waals surface area contributed by atoms with E-state index in [9.17, 15) is 4.79 Å². The van der Waals surface area contributed by atoms with Crippen LogP contribution in [0.5, 0.6) is 0 Å². The Morgan fingerprint density at radius 1 is 1.32 bits per heavy atom. The molecule has 3 heterocycles. The van der Waals surface area contributed by atoms with Gasteiger partial charge in [0.2, 0.25) is 0 Å². The molecule has 7 nitrogen and oxygen atoms in total. The molecule has 3 aromatic rings. The molecule has 0 bridgehead atoms. The average molecular weight is 297 g/mol. The zero-order valence-corrected chi connectivity index (χ0v) is 12.1. The maximum atomic E-state index is 11.9. The molecule has 0 unspecified atom stereocenters. The second kappa shape index (κ2) is 4.94. The summed E-state index contributed by atoms with van der Waals surface area (Å²) >= 11 is 0. The average Bonchev–Trinajstić information content (AvgIpc) is 3.06. The summed E-state index contributed by atoms with van der Waals surface area (Å²) in [6.07, 6.45) is 9.41. The summed E-state index contributed by atoms with van der Waals surface area (Å²) in [6, 6.07) is 2.10. The molecular weight excluding hydrogens is 282 g/mol. The van der Waals surface area contributed by atoms with Crippen LogP contribution in [0, 0.1) is 0 Å². The highest BCUT2D eigenvalue weighted by Gasteiger charge is 2.26. The van der Waals surface area contributed by atoms with Gasteiger partial charge in [-0.1, -0.05) is 0 Å². The van der Waals surface area contributed by atoms with Crippen molar-refractivity contribution in [1.29, 1.82) is 0 Å². The highest BCUT2D eigenvalue weighted by molar-refractivity contribution is 5.88. The second-order valence-corrected chi connectivity index (χ2v) is 5.38. The Morgan fingerprint density at radius 2 is 2.09 bits per heavy atom. The minimum Gasteiger partial charge on any atom is -0.461 e. The van der Waals surface area contributed by atoms with Crippen molar-refractivity contribution < 1.29 is 9.53 Å². The molecule has 0 saturated heterocycles. The van der Waals surface area contributed by atoms with Gasteiger partial charge in [-0.2, -0.15) is 0 Å². The molecular formula is C15H15N5O2. The third kappa shape index (κ3) is 2.14. The van der Waals surface area contributed by atoms with Crippen LogP contribution in [0.2, 0.25) is 0 Å². The summed E-state index contributed by atoms with van der Waals surface area (Å²) in [5.41, 5.74) is 3.10. The van der Waals surface area contributed by atoms with Gasteiger partial charge >= 0.3 is 5.97 Å². The van der Waals surface area contributed by atoms with E-state index in [0.29, 0.717) is 23.9 Å². The van der Waals surface area contributed by atoms with Gasteiger partial charge in [0.1, 0.15) is 12.7 Å². The Bertz CT molecular complexity index is 833. The first-order valence-electron chi connectivity index (χ1n) is 7.31. The van der Waals surface area contributed by atoms with E-state index < -0.39 is 5.97 Å². The number of esters is 1. The molecule has 0 spiro atoms. The van der Waals surface area contributed by atoms with E-state index in [0.717, 1.165) is 5.69 Å². The highest BCUT2D eigenvalue weighted by atomic mass is 16.5. The SMILES string of the molecule is CCOC(=O)c1cn2cc(C3CC3)cc(-n3cnnc3)c2n1. The van der Waals surface area contributed by atoms with E-state index in [-0.39, 0.29) is 0 Å². The number of rotatable bonds is 4. The van der Waals surface area contributed by atoms with Crippen molar-refractivity contribution in [3.8, 4) is 5.69 Å². The van der Waals surface area contributed by atoms with Gasteiger partial charge < -0.3 is 9.14 Å². The molecule has 112 valence electrons. The number of pyridine rings is 1. The smallest absolute Gasteiger partial charge is 0.358 e. The van der Waals surface area contributed by atoms with E-state index in [1.54, 1.807) is 25.8 Å². The fourth-order valence-electron chi connectivity index (χ4n) is 2.56. The van der Waals surface area contributed by atoms with Crippen molar-refractivity contribution in [3.63, 3.8) is 0 Å². The minimum atomic E-state index is -0.408. The van der Waals surface area contributed by atoms with E-state index in [4.69, 9.17) is 4.74 Å². The molecule has 1 aliphatic carbocycles. The van der Waals surface area contributed by atoms with Crippen molar-refractivity contribution in [2.45, 2.75) is 25.7 Å². The molecule has 0 radical (unpaired) electrons. The Morgan fingerprint density at radius 3 is 2.77 bits per heavy atom. The fraction of sp³-hybridized carbons (Fsp3) is 0.333. The van der Waals surface area contributed by atoms with Gasteiger partial charge in [0.05, 0.1) is 12.3 Å². The predicted molar refractivity (Wildman–Crippen MR) is 78.0 cm³/mol. The van der Waals surface area contributed by atoms with E-state index in [1.165, 1.54) is 18.4 Å². The third-order valence-electron chi connectivity index (χ3n) is 3.78. The summed E-state index contributed by atoms with van der Waals surface area (Å²) in [7, 11) is 0. The number of imidazole rings is 1. The summed E-state index contributed by atoms with van der Waals surface area (Å²) in [5.74, 6) is 0.182. The van der Waals surface area contributed by atoms with Crippen LogP contribution < -0.4 is 0 Å². The lowest BCUT2D eigenvalue weighted by molar-refractivity contribution is 0.0520. The molecule has 0 atom stereocenters. The zero-order valence-electron chi connectivity index (χ0n) is 12.1. The maximum Gasteiger partial charge on any atom is 0.358 e. The van der Waals surface area contributed by atoms with Crippen molar-refractivity contribution in [2.75, 3.05) is 6.61 Å². The quantitative estimate of drug-likeness (QED) is 0.688. The number of nitrogens with zero attached hydrogens (tertiary/aromatic N) is 5. The minimum absolute atomic E-state index is 0.309. The van der Waals surface area contributed by atoms with E-state index >= 15 is 0 Å². The Balaban J connectivity index is 1.89. The number of ether oxygens (including phenoxy) is 1. The number of aromatic nitrogens is 5. The van der Waals surface area contributed by atoms with Gasteiger partial charge in [0, 0.05) is 12.4 Å². The van der Waals surface area contributed by atoms with Crippen LogP contribution in [0.25, 0.3) is 11.3 Å². The van der Waals surface area contributed by atoms with Crippen LogP contribution >= 0.6 is 0 Å². The topological polar surface area (TPSA) is 74.3 Å². The lowest BCUT2D eigenvalue weighted by atomic mass is 10.2. The molecule has 22 heavy (non-hydrogen) atoms. The Hall–Kier alpha value is -2.70. The normalized spacial score (nSPS) is 14.4. The van der Waals surface area contributed by atoms with Gasteiger partial charge in [-0.25, -0.2) is 9.78 Å². The highest BCUT2D eigenvalue weighted by Crippen LogP contribution is 2.41. The number of carbonyl (C=O) groups excluding carboxylic acids is 1. The van der Waals surface area contributed by atoms with Crippen LogP contribution in [0.1, 0.15) is 41.7 Å². The number of fused-ring (bicyclic) bond motifs is 1. The predicted octanol–water partition coefficient (Wildman–Crippen LogP) is 1.97. The number of hydrogen-bond donors (Lipinski definition) is 0. The summed E-state index contributed by atoms with van der Waals surface area (Å²) in [4.78, 5) is 16.3. The Labute approximate surface area is 126 Å². The molecule has 0 aromatic carbocycles. The molecule has 1 saturated carbocycles. The first kappa shape index (κ1) is 13.0. The summed E-state index contributed by atoms with van der Waals surface area (Å²) in [6.45, 7) is 2.11. The summed E-state index contributed by atoms with van der Waals surface area (Å²) in [5, 5.41) is 7.70. The monoisotopic (exact) mass is 297 g/mol.